The van der Waals surface area contributed by atoms with Crippen LogP contribution in [0.15, 0.2) is 12.1 Å². The van der Waals surface area contributed by atoms with Gasteiger partial charge in [-0.2, -0.15) is 0 Å². The Hall–Kier alpha value is -1.40. The molecule has 1 aromatic carbocycles. The highest BCUT2D eigenvalue weighted by Crippen LogP contribution is 2.33. The van der Waals surface area contributed by atoms with Gasteiger partial charge >= 0.3 is 0 Å². The molecule has 2 nitrogen and oxygen atoms in total. The van der Waals surface area contributed by atoms with Crippen LogP contribution in [0.5, 0.6) is 0 Å². The highest BCUT2D eigenvalue weighted by molar-refractivity contribution is 7.15. The number of benzene rings is 1. The molecule has 2 aromatic rings. The summed E-state index contributed by atoms with van der Waals surface area (Å²) in [7, 11) is 0. The SMILES string of the molecule is CCCNC(C)c1sc(-c2cc(F)c(F)c(F)c2)nc1C. The largest absolute Gasteiger partial charge is 0.309 e. The lowest BCUT2D eigenvalue weighted by molar-refractivity contribution is 0.447. The second kappa shape index (κ2) is 6.58. The van der Waals surface area contributed by atoms with Gasteiger partial charge in [-0.3, -0.25) is 0 Å². The zero-order valence-electron chi connectivity index (χ0n) is 12.1. The van der Waals surface area contributed by atoms with Gasteiger partial charge < -0.3 is 5.32 Å². The molecule has 0 saturated heterocycles. The van der Waals surface area contributed by atoms with E-state index in [0.717, 1.165) is 35.7 Å². The standard InChI is InChI=1S/C15H17F3N2S/c1-4-5-19-8(2)14-9(3)20-15(21-14)10-6-11(16)13(18)12(17)7-10/h6-8,19H,4-5H2,1-3H3. The van der Waals surface area contributed by atoms with Gasteiger partial charge in [-0.05, 0) is 38.9 Å². The van der Waals surface area contributed by atoms with E-state index >= 15 is 0 Å². The first-order chi connectivity index (χ1) is 9.93. The summed E-state index contributed by atoms with van der Waals surface area (Å²) in [6, 6.07) is 2.07. The molecule has 0 aliphatic rings. The van der Waals surface area contributed by atoms with Crippen LogP contribution in [0.1, 0.15) is 36.9 Å². The molecule has 0 aliphatic heterocycles. The van der Waals surface area contributed by atoms with E-state index in [1.807, 2.05) is 13.8 Å². The van der Waals surface area contributed by atoms with Crippen LogP contribution in [0.2, 0.25) is 0 Å². The van der Waals surface area contributed by atoms with Gasteiger partial charge in [0.2, 0.25) is 0 Å². The van der Waals surface area contributed by atoms with Crippen LogP contribution in [0, 0.1) is 24.4 Å². The van der Waals surface area contributed by atoms with E-state index in [1.165, 1.54) is 11.3 Å². The fraction of sp³-hybridized carbons (Fsp3) is 0.400. The molecule has 21 heavy (non-hydrogen) atoms. The third-order valence-corrected chi connectivity index (χ3v) is 4.55. The van der Waals surface area contributed by atoms with Crippen LogP contribution in [0.3, 0.4) is 0 Å². The lowest BCUT2D eigenvalue weighted by Gasteiger charge is -2.11. The summed E-state index contributed by atoms with van der Waals surface area (Å²) in [6.45, 7) is 6.84. The molecular weight excluding hydrogens is 297 g/mol. The molecule has 1 atom stereocenters. The number of aromatic nitrogens is 1. The Morgan fingerprint density at radius 2 is 1.86 bits per heavy atom. The Morgan fingerprint density at radius 3 is 2.43 bits per heavy atom. The monoisotopic (exact) mass is 314 g/mol. The van der Waals surface area contributed by atoms with Crippen molar-refractivity contribution in [2.45, 2.75) is 33.2 Å². The van der Waals surface area contributed by atoms with Crippen molar-refractivity contribution in [2.24, 2.45) is 0 Å². The lowest BCUT2D eigenvalue weighted by Crippen LogP contribution is -2.18. The van der Waals surface area contributed by atoms with E-state index in [0.29, 0.717) is 5.01 Å². The third kappa shape index (κ3) is 3.44. The second-order valence-electron chi connectivity index (χ2n) is 4.90. The Bertz CT molecular complexity index is 617. The van der Waals surface area contributed by atoms with Gasteiger partial charge in [-0.1, -0.05) is 6.92 Å². The maximum Gasteiger partial charge on any atom is 0.194 e. The number of halogens is 3. The van der Waals surface area contributed by atoms with E-state index in [2.05, 4.69) is 17.2 Å². The fourth-order valence-corrected chi connectivity index (χ4v) is 3.15. The Morgan fingerprint density at radius 1 is 1.24 bits per heavy atom. The molecule has 6 heteroatoms. The van der Waals surface area contributed by atoms with Crippen LogP contribution < -0.4 is 5.32 Å². The Balaban J connectivity index is 2.34. The number of aryl methyl sites for hydroxylation is 1. The topological polar surface area (TPSA) is 24.9 Å². The zero-order chi connectivity index (χ0) is 15.6. The van der Waals surface area contributed by atoms with Crippen molar-refractivity contribution in [1.29, 1.82) is 0 Å². The van der Waals surface area contributed by atoms with E-state index < -0.39 is 17.5 Å². The molecule has 1 N–H and O–H groups in total. The quantitative estimate of drug-likeness (QED) is 0.816. The van der Waals surface area contributed by atoms with Gasteiger partial charge in [0.1, 0.15) is 5.01 Å². The molecule has 0 radical (unpaired) electrons. The molecule has 0 aliphatic carbocycles. The van der Waals surface area contributed by atoms with Gasteiger partial charge in [0, 0.05) is 16.5 Å². The van der Waals surface area contributed by atoms with E-state index in [-0.39, 0.29) is 11.6 Å². The molecule has 1 aromatic heterocycles. The first kappa shape index (κ1) is 16.0. The van der Waals surface area contributed by atoms with Gasteiger partial charge in [0.05, 0.1) is 5.69 Å². The molecule has 0 bridgehead atoms. The van der Waals surface area contributed by atoms with Crippen molar-refractivity contribution in [3.05, 3.63) is 40.2 Å². The van der Waals surface area contributed by atoms with Crippen LogP contribution in [-0.2, 0) is 0 Å². The minimum Gasteiger partial charge on any atom is -0.309 e. The summed E-state index contributed by atoms with van der Waals surface area (Å²) >= 11 is 1.37. The molecule has 1 heterocycles. The van der Waals surface area contributed by atoms with Gasteiger partial charge in [-0.25, -0.2) is 18.2 Å². The minimum absolute atomic E-state index is 0.117. The van der Waals surface area contributed by atoms with Gasteiger partial charge in [0.25, 0.3) is 0 Å². The number of hydrogen-bond acceptors (Lipinski definition) is 3. The molecule has 114 valence electrons. The van der Waals surface area contributed by atoms with E-state index in [9.17, 15) is 13.2 Å². The van der Waals surface area contributed by atoms with E-state index in [4.69, 9.17) is 0 Å². The average molecular weight is 314 g/mol. The van der Waals surface area contributed by atoms with Crippen LogP contribution in [0.4, 0.5) is 13.2 Å². The molecule has 2 rings (SSSR count). The first-order valence-electron chi connectivity index (χ1n) is 6.79. The summed E-state index contributed by atoms with van der Waals surface area (Å²) in [5.74, 6) is -3.85. The number of rotatable bonds is 5. The molecule has 0 fully saturated rings. The lowest BCUT2D eigenvalue weighted by atomic mass is 10.2. The Kier molecular flexibility index (Phi) is 5.00. The van der Waals surface area contributed by atoms with Crippen molar-refractivity contribution < 1.29 is 13.2 Å². The molecule has 0 saturated carbocycles. The smallest absolute Gasteiger partial charge is 0.194 e. The molecule has 1 unspecified atom stereocenters. The predicted molar refractivity (Wildman–Crippen MR) is 78.9 cm³/mol. The van der Waals surface area contributed by atoms with Gasteiger partial charge in [0.15, 0.2) is 17.5 Å². The number of nitrogens with one attached hydrogen (secondary N) is 1. The van der Waals surface area contributed by atoms with Crippen LogP contribution >= 0.6 is 11.3 Å². The van der Waals surface area contributed by atoms with Crippen molar-refractivity contribution in [3.63, 3.8) is 0 Å². The first-order valence-corrected chi connectivity index (χ1v) is 7.61. The number of nitrogens with zero attached hydrogens (tertiary/aromatic N) is 1. The number of thiazole rings is 1. The molecular formula is C15H17F3N2S. The minimum atomic E-state index is -1.45. The molecule has 0 amide bonds. The second-order valence-corrected chi connectivity index (χ2v) is 5.93. The average Bonchev–Trinajstić information content (AvgIpc) is 2.83. The van der Waals surface area contributed by atoms with E-state index in [1.54, 1.807) is 0 Å². The number of hydrogen-bond donors (Lipinski definition) is 1. The summed E-state index contributed by atoms with van der Waals surface area (Å²) in [5.41, 5.74) is 1.07. The summed E-state index contributed by atoms with van der Waals surface area (Å²) in [5, 5.41) is 3.84. The van der Waals surface area contributed by atoms with Crippen LogP contribution in [0.25, 0.3) is 10.6 Å². The van der Waals surface area contributed by atoms with Crippen molar-refractivity contribution in [1.82, 2.24) is 10.3 Å². The molecule has 0 spiro atoms. The summed E-state index contributed by atoms with van der Waals surface area (Å²) in [6.07, 6.45) is 1.02. The van der Waals surface area contributed by atoms with Crippen molar-refractivity contribution in [2.75, 3.05) is 6.54 Å². The van der Waals surface area contributed by atoms with Gasteiger partial charge in [-0.15, -0.1) is 11.3 Å². The zero-order valence-corrected chi connectivity index (χ0v) is 13.0. The van der Waals surface area contributed by atoms with Crippen LogP contribution in [-0.4, -0.2) is 11.5 Å². The summed E-state index contributed by atoms with van der Waals surface area (Å²) in [4.78, 5) is 5.36. The van der Waals surface area contributed by atoms with Crippen molar-refractivity contribution in [3.8, 4) is 10.6 Å². The maximum absolute atomic E-state index is 13.3. The Labute approximate surface area is 126 Å². The fourth-order valence-electron chi connectivity index (χ4n) is 2.07. The third-order valence-electron chi connectivity index (χ3n) is 3.16. The summed E-state index contributed by atoms with van der Waals surface area (Å²) < 4.78 is 39.6. The predicted octanol–water partition coefficient (Wildman–Crippen LogP) is 4.60. The maximum atomic E-state index is 13.3. The normalized spacial score (nSPS) is 12.7. The highest BCUT2D eigenvalue weighted by Gasteiger charge is 2.17. The van der Waals surface area contributed by atoms with Crippen molar-refractivity contribution >= 4 is 11.3 Å². The highest BCUT2D eigenvalue weighted by atomic mass is 32.1.